The number of nitrogens with two attached hydrogens (primary N) is 1. The largest absolute Gasteiger partial charge is 0.377 e. The Bertz CT molecular complexity index is 141. The van der Waals surface area contributed by atoms with Crippen LogP contribution >= 0.6 is 0 Å². The van der Waals surface area contributed by atoms with Crippen molar-refractivity contribution in [2.45, 2.75) is 38.8 Å². The summed E-state index contributed by atoms with van der Waals surface area (Å²) in [6, 6.07) is 0.324. The Morgan fingerprint density at radius 2 is 2.38 bits per heavy atom. The van der Waals surface area contributed by atoms with Gasteiger partial charge in [0.25, 0.3) is 0 Å². The first-order valence-electron chi connectivity index (χ1n) is 5.32. The monoisotopic (exact) mass is 186 g/mol. The second-order valence-corrected chi connectivity index (χ2v) is 3.96. The van der Waals surface area contributed by atoms with Gasteiger partial charge in [-0.3, -0.25) is 4.90 Å². The van der Waals surface area contributed by atoms with E-state index in [-0.39, 0.29) is 0 Å². The molecule has 0 aliphatic carbocycles. The van der Waals surface area contributed by atoms with E-state index in [9.17, 15) is 0 Å². The smallest absolute Gasteiger partial charge is 0.0673 e. The minimum Gasteiger partial charge on any atom is -0.377 e. The summed E-state index contributed by atoms with van der Waals surface area (Å²) >= 11 is 0. The van der Waals surface area contributed by atoms with Gasteiger partial charge in [0.1, 0.15) is 0 Å². The molecule has 0 spiro atoms. The Labute approximate surface area is 81.2 Å². The van der Waals surface area contributed by atoms with Crippen LogP contribution in [0.15, 0.2) is 0 Å². The maximum Gasteiger partial charge on any atom is 0.0673 e. The SMILES string of the molecule is CC[C@H](N)CN1CCCOC(C)C1. The van der Waals surface area contributed by atoms with Crippen molar-refractivity contribution in [1.82, 2.24) is 4.90 Å². The zero-order valence-corrected chi connectivity index (χ0v) is 8.83. The molecule has 1 aliphatic heterocycles. The molecule has 1 fully saturated rings. The van der Waals surface area contributed by atoms with Crippen LogP contribution < -0.4 is 5.73 Å². The van der Waals surface area contributed by atoms with Crippen molar-refractivity contribution in [2.24, 2.45) is 5.73 Å². The van der Waals surface area contributed by atoms with Crippen molar-refractivity contribution in [3.63, 3.8) is 0 Å². The third-order valence-electron chi connectivity index (χ3n) is 2.55. The van der Waals surface area contributed by atoms with E-state index in [1.54, 1.807) is 0 Å². The average molecular weight is 186 g/mol. The number of rotatable bonds is 3. The van der Waals surface area contributed by atoms with E-state index < -0.39 is 0 Å². The van der Waals surface area contributed by atoms with E-state index in [2.05, 4.69) is 18.7 Å². The normalized spacial score (nSPS) is 28.4. The van der Waals surface area contributed by atoms with Gasteiger partial charge in [0.15, 0.2) is 0 Å². The first kappa shape index (κ1) is 11.0. The Morgan fingerprint density at radius 3 is 3.08 bits per heavy atom. The van der Waals surface area contributed by atoms with Crippen molar-refractivity contribution < 1.29 is 4.74 Å². The molecule has 0 aromatic heterocycles. The van der Waals surface area contributed by atoms with Gasteiger partial charge in [-0.2, -0.15) is 0 Å². The molecule has 78 valence electrons. The Morgan fingerprint density at radius 1 is 1.62 bits per heavy atom. The predicted molar refractivity (Wildman–Crippen MR) is 54.7 cm³/mol. The molecular weight excluding hydrogens is 164 g/mol. The molecular formula is C10H22N2O. The van der Waals surface area contributed by atoms with Gasteiger partial charge in [-0.15, -0.1) is 0 Å². The fourth-order valence-electron chi connectivity index (χ4n) is 1.71. The van der Waals surface area contributed by atoms with Crippen LogP contribution in [0, 0.1) is 0 Å². The summed E-state index contributed by atoms with van der Waals surface area (Å²) < 4.78 is 5.57. The van der Waals surface area contributed by atoms with Gasteiger partial charge in [-0.25, -0.2) is 0 Å². The van der Waals surface area contributed by atoms with Crippen LogP contribution in [0.25, 0.3) is 0 Å². The van der Waals surface area contributed by atoms with Gasteiger partial charge in [0.05, 0.1) is 6.10 Å². The summed E-state index contributed by atoms with van der Waals surface area (Å²) in [4.78, 5) is 2.42. The second kappa shape index (κ2) is 5.58. The molecule has 0 bridgehead atoms. The summed E-state index contributed by atoms with van der Waals surface area (Å²) in [5.74, 6) is 0. The van der Waals surface area contributed by atoms with E-state index in [0.29, 0.717) is 12.1 Å². The van der Waals surface area contributed by atoms with Crippen LogP contribution in [0.4, 0.5) is 0 Å². The lowest BCUT2D eigenvalue weighted by Crippen LogP contribution is -2.40. The van der Waals surface area contributed by atoms with Crippen molar-refractivity contribution in [3.05, 3.63) is 0 Å². The minimum atomic E-state index is 0.324. The van der Waals surface area contributed by atoms with E-state index in [0.717, 1.165) is 39.1 Å². The number of ether oxygens (including phenoxy) is 1. The van der Waals surface area contributed by atoms with Gasteiger partial charge in [-0.1, -0.05) is 6.92 Å². The lowest BCUT2D eigenvalue weighted by Gasteiger charge is -2.24. The van der Waals surface area contributed by atoms with Crippen LogP contribution in [-0.2, 0) is 4.74 Å². The quantitative estimate of drug-likeness (QED) is 0.709. The molecule has 2 atom stereocenters. The molecule has 0 saturated carbocycles. The second-order valence-electron chi connectivity index (χ2n) is 3.96. The van der Waals surface area contributed by atoms with Gasteiger partial charge >= 0.3 is 0 Å². The molecule has 3 nitrogen and oxygen atoms in total. The Balaban J connectivity index is 2.30. The maximum atomic E-state index is 5.92. The maximum absolute atomic E-state index is 5.92. The van der Waals surface area contributed by atoms with E-state index in [4.69, 9.17) is 10.5 Å². The number of hydrogen-bond acceptors (Lipinski definition) is 3. The summed E-state index contributed by atoms with van der Waals surface area (Å²) in [6.07, 6.45) is 2.57. The zero-order chi connectivity index (χ0) is 9.68. The molecule has 1 heterocycles. The third kappa shape index (κ3) is 4.07. The highest BCUT2D eigenvalue weighted by Gasteiger charge is 2.16. The Kier molecular flexibility index (Phi) is 4.70. The average Bonchev–Trinajstić information content (AvgIpc) is 2.30. The summed E-state index contributed by atoms with van der Waals surface area (Å²) in [6.45, 7) is 8.37. The molecule has 0 amide bonds. The highest BCUT2D eigenvalue weighted by molar-refractivity contribution is 4.71. The molecule has 0 aromatic carbocycles. The fraction of sp³-hybridized carbons (Fsp3) is 1.00. The fourth-order valence-corrected chi connectivity index (χ4v) is 1.71. The lowest BCUT2D eigenvalue weighted by molar-refractivity contribution is 0.0669. The highest BCUT2D eigenvalue weighted by Crippen LogP contribution is 2.05. The topological polar surface area (TPSA) is 38.5 Å². The van der Waals surface area contributed by atoms with E-state index in [1.165, 1.54) is 0 Å². The molecule has 0 aromatic rings. The molecule has 3 heteroatoms. The molecule has 1 rings (SSSR count). The van der Waals surface area contributed by atoms with Gasteiger partial charge in [0, 0.05) is 32.3 Å². The predicted octanol–water partition coefficient (Wildman–Crippen LogP) is 0.834. The lowest BCUT2D eigenvalue weighted by atomic mass is 10.2. The summed E-state index contributed by atoms with van der Waals surface area (Å²) in [5.41, 5.74) is 5.92. The van der Waals surface area contributed by atoms with Crippen LogP contribution in [0.5, 0.6) is 0 Å². The molecule has 1 saturated heterocycles. The summed E-state index contributed by atoms with van der Waals surface area (Å²) in [5, 5.41) is 0. The first-order valence-corrected chi connectivity index (χ1v) is 5.32. The number of hydrogen-bond donors (Lipinski definition) is 1. The van der Waals surface area contributed by atoms with Crippen LogP contribution in [0.2, 0.25) is 0 Å². The van der Waals surface area contributed by atoms with Crippen LogP contribution in [0.1, 0.15) is 26.7 Å². The van der Waals surface area contributed by atoms with Crippen LogP contribution in [-0.4, -0.2) is 43.3 Å². The molecule has 1 unspecified atom stereocenters. The van der Waals surface area contributed by atoms with Gasteiger partial charge in [0.2, 0.25) is 0 Å². The van der Waals surface area contributed by atoms with Gasteiger partial charge < -0.3 is 10.5 Å². The van der Waals surface area contributed by atoms with Crippen molar-refractivity contribution in [3.8, 4) is 0 Å². The van der Waals surface area contributed by atoms with Crippen molar-refractivity contribution in [1.29, 1.82) is 0 Å². The molecule has 13 heavy (non-hydrogen) atoms. The van der Waals surface area contributed by atoms with Gasteiger partial charge in [-0.05, 0) is 19.8 Å². The highest BCUT2D eigenvalue weighted by atomic mass is 16.5. The number of nitrogens with zero attached hydrogens (tertiary/aromatic N) is 1. The van der Waals surface area contributed by atoms with E-state index >= 15 is 0 Å². The van der Waals surface area contributed by atoms with E-state index in [1.807, 2.05) is 0 Å². The molecule has 0 radical (unpaired) electrons. The summed E-state index contributed by atoms with van der Waals surface area (Å²) in [7, 11) is 0. The van der Waals surface area contributed by atoms with Crippen molar-refractivity contribution in [2.75, 3.05) is 26.2 Å². The standard InChI is InChI=1S/C10H22N2O/c1-3-10(11)8-12-5-4-6-13-9(2)7-12/h9-10H,3-8,11H2,1-2H3/t9?,10-/m0/s1. The van der Waals surface area contributed by atoms with Crippen molar-refractivity contribution >= 4 is 0 Å². The third-order valence-corrected chi connectivity index (χ3v) is 2.55. The first-order chi connectivity index (χ1) is 6.22. The molecule has 2 N–H and O–H groups in total. The minimum absolute atomic E-state index is 0.324. The zero-order valence-electron chi connectivity index (χ0n) is 8.83. The van der Waals surface area contributed by atoms with Crippen LogP contribution in [0.3, 0.4) is 0 Å². The molecule has 1 aliphatic rings. The Hall–Kier alpha value is -0.120.